The van der Waals surface area contributed by atoms with Crippen molar-refractivity contribution in [2.45, 2.75) is 50.9 Å². The van der Waals surface area contributed by atoms with Gasteiger partial charge in [0.05, 0.1) is 11.2 Å². The molecule has 0 saturated carbocycles. The fourth-order valence-electron chi connectivity index (χ4n) is 3.12. The molecule has 0 aromatic heterocycles. The van der Waals surface area contributed by atoms with Crippen LogP contribution in [0, 0.1) is 5.92 Å². The Morgan fingerprint density at radius 1 is 1.50 bits per heavy atom. The first-order valence-corrected chi connectivity index (χ1v) is 5.38. The van der Waals surface area contributed by atoms with Crippen LogP contribution < -0.4 is 0 Å². The van der Waals surface area contributed by atoms with E-state index in [1.807, 2.05) is 0 Å². The molecule has 0 aromatic rings. The lowest BCUT2D eigenvalue weighted by Crippen LogP contribution is -2.40. The van der Waals surface area contributed by atoms with Crippen molar-refractivity contribution in [1.82, 2.24) is 0 Å². The van der Waals surface area contributed by atoms with Crippen LogP contribution in [0.4, 0.5) is 0 Å². The van der Waals surface area contributed by atoms with E-state index in [0.29, 0.717) is 5.92 Å². The molecule has 2 rings (SSSR count). The van der Waals surface area contributed by atoms with E-state index in [-0.39, 0.29) is 17.3 Å². The lowest BCUT2D eigenvalue weighted by Gasteiger charge is -2.33. The lowest BCUT2D eigenvalue weighted by atomic mass is 9.72. The monoisotopic (exact) mass is 196 g/mol. The predicted octanol–water partition coefficient (Wildman–Crippen LogP) is 2.54. The van der Waals surface area contributed by atoms with E-state index >= 15 is 0 Å². The van der Waals surface area contributed by atoms with Crippen LogP contribution in [0.1, 0.15) is 33.6 Å². The molecule has 2 bridgehead atoms. The molecule has 2 heteroatoms. The van der Waals surface area contributed by atoms with Crippen molar-refractivity contribution >= 4 is 0 Å². The molecule has 0 amide bonds. The lowest BCUT2D eigenvalue weighted by molar-refractivity contribution is -0.0851. The van der Waals surface area contributed by atoms with Gasteiger partial charge in [0, 0.05) is 7.11 Å². The van der Waals surface area contributed by atoms with E-state index in [1.165, 1.54) is 0 Å². The van der Waals surface area contributed by atoms with Gasteiger partial charge in [-0.25, -0.2) is 0 Å². The van der Waals surface area contributed by atoms with Gasteiger partial charge in [0.25, 0.3) is 0 Å². The molecule has 3 atom stereocenters. The first-order chi connectivity index (χ1) is 6.46. The summed E-state index contributed by atoms with van der Waals surface area (Å²) in [4.78, 5) is 0. The van der Waals surface area contributed by atoms with Crippen molar-refractivity contribution in [3.05, 3.63) is 12.2 Å². The average Bonchev–Trinajstić information content (AvgIpc) is 2.55. The number of rotatable bonds is 2. The molecule has 0 N–H and O–H groups in total. The smallest absolute Gasteiger partial charge is 0.109 e. The Morgan fingerprint density at radius 2 is 2.14 bits per heavy atom. The minimum Gasteiger partial charge on any atom is -0.374 e. The van der Waals surface area contributed by atoms with Crippen LogP contribution >= 0.6 is 0 Å². The summed E-state index contributed by atoms with van der Waals surface area (Å²) in [6.07, 6.45) is 2.27. The molecular weight excluding hydrogens is 176 g/mol. The Kier molecular flexibility index (Phi) is 2.06. The summed E-state index contributed by atoms with van der Waals surface area (Å²) in [7, 11) is 1.75. The summed E-state index contributed by atoms with van der Waals surface area (Å²) in [6.45, 7) is 10.7. The van der Waals surface area contributed by atoms with E-state index in [9.17, 15) is 0 Å². The van der Waals surface area contributed by atoms with E-state index in [1.54, 1.807) is 7.11 Å². The van der Waals surface area contributed by atoms with Crippen molar-refractivity contribution < 1.29 is 9.47 Å². The van der Waals surface area contributed by atoms with Crippen LogP contribution in [0.25, 0.3) is 0 Å². The maximum absolute atomic E-state index is 6.20. The molecule has 2 aliphatic rings. The van der Waals surface area contributed by atoms with Crippen LogP contribution in [-0.2, 0) is 9.47 Å². The Balaban J connectivity index is 2.38. The van der Waals surface area contributed by atoms with Crippen LogP contribution in [0.5, 0.6) is 0 Å². The summed E-state index contributed by atoms with van der Waals surface area (Å²) in [5.74, 6) is 0.483. The van der Waals surface area contributed by atoms with Crippen molar-refractivity contribution in [3.8, 4) is 0 Å². The van der Waals surface area contributed by atoms with E-state index in [0.717, 1.165) is 18.4 Å². The van der Waals surface area contributed by atoms with Gasteiger partial charge < -0.3 is 9.47 Å². The van der Waals surface area contributed by atoms with Gasteiger partial charge >= 0.3 is 0 Å². The zero-order valence-corrected chi connectivity index (χ0v) is 9.59. The molecule has 2 fully saturated rings. The fourth-order valence-corrected chi connectivity index (χ4v) is 3.12. The quantitative estimate of drug-likeness (QED) is 0.632. The topological polar surface area (TPSA) is 18.5 Å². The third-order valence-electron chi connectivity index (χ3n) is 3.99. The number of ether oxygens (including phenoxy) is 2. The van der Waals surface area contributed by atoms with Crippen LogP contribution in [-0.4, -0.2) is 24.4 Å². The van der Waals surface area contributed by atoms with E-state index < -0.39 is 0 Å². The van der Waals surface area contributed by atoms with Crippen molar-refractivity contribution in [2.75, 3.05) is 7.11 Å². The highest BCUT2D eigenvalue weighted by Gasteiger charge is 2.62. The highest BCUT2D eigenvalue weighted by Crippen LogP contribution is 2.57. The first-order valence-electron chi connectivity index (χ1n) is 5.38. The third kappa shape index (κ3) is 0.986. The maximum atomic E-state index is 6.20. The second-order valence-corrected chi connectivity index (χ2v) is 5.10. The van der Waals surface area contributed by atoms with Gasteiger partial charge in [0.1, 0.15) is 6.10 Å². The summed E-state index contributed by atoms with van der Waals surface area (Å²) in [6, 6.07) is 0. The molecule has 0 aromatic carbocycles. The zero-order chi connectivity index (χ0) is 10.6. The van der Waals surface area contributed by atoms with E-state index in [4.69, 9.17) is 9.47 Å². The summed E-state index contributed by atoms with van der Waals surface area (Å²) in [5, 5.41) is 0. The molecule has 0 spiro atoms. The molecule has 2 heterocycles. The second-order valence-electron chi connectivity index (χ2n) is 5.10. The standard InChI is InChI=1S/C12H20O2/c1-8(2)12-7-6-11(4,14-12)10(13-5)9(12)3/h8,10H,3,6-7H2,1-2,4-5H3/t10-,11+,12+/m1/s1. The van der Waals surface area contributed by atoms with Crippen LogP contribution in [0.2, 0.25) is 0 Å². The maximum Gasteiger partial charge on any atom is 0.109 e. The van der Waals surface area contributed by atoms with Crippen LogP contribution in [0.3, 0.4) is 0 Å². The molecule has 14 heavy (non-hydrogen) atoms. The van der Waals surface area contributed by atoms with Gasteiger partial charge in [-0.15, -0.1) is 0 Å². The molecule has 2 nitrogen and oxygen atoms in total. The molecule has 2 saturated heterocycles. The largest absolute Gasteiger partial charge is 0.374 e. The normalized spacial score (nSPS) is 46.6. The molecule has 0 unspecified atom stereocenters. The Morgan fingerprint density at radius 3 is 2.50 bits per heavy atom. The second kappa shape index (κ2) is 2.83. The van der Waals surface area contributed by atoms with Gasteiger partial charge in [0.15, 0.2) is 0 Å². The zero-order valence-electron chi connectivity index (χ0n) is 9.59. The summed E-state index contributed by atoms with van der Waals surface area (Å²) < 4.78 is 11.7. The third-order valence-corrected chi connectivity index (χ3v) is 3.99. The molecule has 0 aliphatic carbocycles. The average molecular weight is 196 g/mol. The Hall–Kier alpha value is -0.340. The molecule has 0 radical (unpaired) electrons. The minimum absolute atomic E-state index is 0.0821. The Labute approximate surface area is 86.3 Å². The molecule has 2 aliphatic heterocycles. The number of fused-ring (bicyclic) bond motifs is 2. The first kappa shape index (κ1) is 10.2. The van der Waals surface area contributed by atoms with Crippen molar-refractivity contribution in [1.29, 1.82) is 0 Å². The minimum atomic E-state index is -0.129. The highest BCUT2D eigenvalue weighted by atomic mass is 16.6. The summed E-state index contributed by atoms with van der Waals surface area (Å²) >= 11 is 0. The molecular formula is C12H20O2. The van der Waals surface area contributed by atoms with Gasteiger partial charge in [-0.3, -0.25) is 0 Å². The number of hydrogen-bond donors (Lipinski definition) is 0. The highest BCUT2D eigenvalue weighted by molar-refractivity contribution is 5.33. The van der Waals surface area contributed by atoms with Crippen molar-refractivity contribution in [2.24, 2.45) is 5.92 Å². The molecule has 80 valence electrons. The van der Waals surface area contributed by atoms with Gasteiger partial charge in [-0.2, -0.15) is 0 Å². The van der Waals surface area contributed by atoms with Gasteiger partial charge in [0.2, 0.25) is 0 Å². The van der Waals surface area contributed by atoms with Crippen molar-refractivity contribution in [3.63, 3.8) is 0 Å². The number of hydrogen-bond acceptors (Lipinski definition) is 2. The van der Waals surface area contributed by atoms with E-state index in [2.05, 4.69) is 27.4 Å². The summed E-state index contributed by atoms with van der Waals surface area (Å²) in [5.41, 5.74) is 0.898. The number of methoxy groups -OCH3 is 1. The SMILES string of the molecule is C=C1[C@@H](OC)[C@]2(C)CC[C@@]1(C(C)C)O2. The van der Waals surface area contributed by atoms with Gasteiger partial charge in [-0.1, -0.05) is 20.4 Å². The Bertz CT molecular complexity index is 271. The van der Waals surface area contributed by atoms with Gasteiger partial charge in [-0.05, 0) is 31.3 Å². The van der Waals surface area contributed by atoms with Crippen LogP contribution in [0.15, 0.2) is 12.2 Å². The fraction of sp³-hybridized carbons (Fsp3) is 0.833. The predicted molar refractivity (Wildman–Crippen MR) is 56.2 cm³/mol.